The number of amides is 1. The maximum Gasteiger partial charge on any atom is 0.254 e. The van der Waals surface area contributed by atoms with E-state index in [0.29, 0.717) is 48.1 Å². The van der Waals surface area contributed by atoms with Gasteiger partial charge in [0.25, 0.3) is 5.91 Å². The van der Waals surface area contributed by atoms with Crippen LogP contribution in [0.25, 0.3) is 0 Å². The van der Waals surface area contributed by atoms with Crippen LogP contribution in [0.5, 0.6) is 23.0 Å². The largest absolute Gasteiger partial charge is 0.493 e. The van der Waals surface area contributed by atoms with Gasteiger partial charge in [-0.05, 0) is 101 Å². The van der Waals surface area contributed by atoms with E-state index in [1.807, 2.05) is 56.9 Å². The van der Waals surface area contributed by atoms with E-state index in [-0.39, 0.29) is 17.4 Å². The van der Waals surface area contributed by atoms with Crippen molar-refractivity contribution in [2.45, 2.75) is 78.2 Å². The molecule has 0 radical (unpaired) electrons. The van der Waals surface area contributed by atoms with Crippen molar-refractivity contribution in [1.82, 2.24) is 10.2 Å². The molecule has 1 unspecified atom stereocenters. The van der Waals surface area contributed by atoms with Gasteiger partial charge in [0.1, 0.15) is 0 Å². The van der Waals surface area contributed by atoms with Gasteiger partial charge in [0.15, 0.2) is 23.0 Å². The lowest BCUT2D eigenvalue weighted by atomic mass is 9.69. The van der Waals surface area contributed by atoms with Crippen LogP contribution in [0.3, 0.4) is 0 Å². The molecule has 2 rings (SSSR count). The van der Waals surface area contributed by atoms with Crippen LogP contribution in [0.4, 0.5) is 0 Å². The summed E-state index contributed by atoms with van der Waals surface area (Å²) in [5, 5.41) is 13.9. The van der Waals surface area contributed by atoms with Gasteiger partial charge in [0.05, 0.1) is 39.9 Å². The van der Waals surface area contributed by atoms with Crippen LogP contribution in [0.2, 0.25) is 0 Å². The van der Waals surface area contributed by atoms with Crippen LogP contribution in [0.1, 0.15) is 82.3 Å². The topological polar surface area (TPSA) is 93.1 Å². The third-order valence-electron chi connectivity index (χ3n) is 8.04. The van der Waals surface area contributed by atoms with E-state index in [9.17, 15) is 10.1 Å². The molecule has 0 aromatic heterocycles. The molecule has 0 saturated carbocycles. The number of unbranched alkanes of at least 4 members (excludes halogenated alkanes) is 1. The molecule has 1 N–H and O–H groups in total. The number of hydrogen-bond acceptors (Lipinski definition) is 7. The highest BCUT2D eigenvalue weighted by molar-refractivity contribution is 5.97. The van der Waals surface area contributed by atoms with E-state index < -0.39 is 5.41 Å². The molecule has 2 aromatic carbocycles. The Kier molecular flexibility index (Phi) is 13.0. The van der Waals surface area contributed by atoms with Gasteiger partial charge < -0.3 is 29.2 Å². The van der Waals surface area contributed by atoms with Crippen molar-refractivity contribution < 1.29 is 23.7 Å². The summed E-state index contributed by atoms with van der Waals surface area (Å²) in [6.45, 7) is 14.4. The Morgan fingerprint density at radius 1 is 0.905 bits per heavy atom. The van der Waals surface area contributed by atoms with Gasteiger partial charge in [-0.15, -0.1) is 0 Å². The van der Waals surface area contributed by atoms with Crippen LogP contribution in [-0.2, 0) is 11.8 Å². The smallest absolute Gasteiger partial charge is 0.254 e. The summed E-state index contributed by atoms with van der Waals surface area (Å²) in [4.78, 5) is 15.5. The Morgan fingerprint density at radius 3 is 2.02 bits per heavy atom. The molecule has 232 valence electrons. The summed E-state index contributed by atoms with van der Waals surface area (Å²) in [7, 11) is 6.41. The predicted molar refractivity (Wildman–Crippen MR) is 168 cm³/mol. The standard InChI is InChI=1S/C34H51N3O5/c1-11-37(33(4,5)6)32(38)27-22-31(42-10)29(40-8)20-25(27)16-19-36-18-13-12-17-34(23-35,24(2)3)26-14-15-28(39-7)30(21-26)41-9/h14-15,20-22,24,36H,11-13,16-19H2,1-10H3. The molecule has 8 nitrogen and oxygen atoms in total. The molecule has 0 aliphatic rings. The van der Waals surface area contributed by atoms with Crippen molar-refractivity contribution >= 4 is 5.91 Å². The zero-order valence-electron chi connectivity index (χ0n) is 27.3. The highest BCUT2D eigenvalue weighted by Gasteiger charge is 2.36. The van der Waals surface area contributed by atoms with Gasteiger partial charge in [0.2, 0.25) is 0 Å². The minimum atomic E-state index is -0.618. The van der Waals surface area contributed by atoms with Crippen molar-refractivity contribution in [1.29, 1.82) is 5.26 Å². The summed E-state index contributed by atoms with van der Waals surface area (Å²) in [5.41, 5.74) is 1.58. The molecule has 42 heavy (non-hydrogen) atoms. The first-order valence-electron chi connectivity index (χ1n) is 14.8. The number of nitrogens with one attached hydrogen (secondary N) is 1. The third-order valence-corrected chi connectivity index (χ3v) is 8.04. The Hall–Kier alpha value is -3.44. The van der Waals surface area contributed by atoms with E-state index >= 15 is 0 Å². The van der Waals surface area contributed by atoms with Gasteiger partial charge in [-0.25, -0.2) is 0 Å². The molecule has 0 fully saturated rings. The number of carbonyl (C=O) groups excluding carboxylic acids is 1. The second-order valence-corrected chi connectivity index (χ2v) is 11.8. The monoisotopic (exact) mass is 581 g/mol. The minimum absolute atomic E-state index is 0.0161. The van der Waals surface area contributed by atoms with E-state index in [4.69, 9.17) is 18.9 Å². The Bertz CT molecular complexity index is 1210. The van der Waals surface area contributed by atoms with Crippen LogP contribution >= 0.6 is 0 Å². The molecule has 8 heteroatoms. The van der Waals surface area contributed by atoms with E-state index in [2.05, 4.69) is 25.2 Å². The SMILES string of the molecule is CCN(C(=O)c1cc(OC)c(OC)cc1CCNCCCCC(C#N)(c1ccc(OC)c(OC)c1)C(C)C)C(C)(C)C. The molecule has 1 amide bonds. The van der Waals surface area contributed by atoms with Crippen molar-refractivity contribution in [3.63, 3.8) is 0 Å². The average Bonchev–Trinajstić information content (AvgIpc) is 2.97. The molecular formula is C34H51N3O5. The van der Waals surface area contributed by atoms with Crippen molar-refractivity contribution in [2.75, 3.05) is 48.1 Å². The summed E-state index contributed by atoms with van der Waals surface area (Å²) in [6.07, 6.45) is 3.23. The second-order valence-electron chi connectivity index (χ2n) is 11.8. The van der Waals surface area contributed by atoms with Crippen LogP contribution in [0.15, 0.2) is 30.3 Å². The molecule has 0 aliphatic heterocycles. The molecule has 0 saturated heterocycles. The molecule has 0 bridgehead atoms. The highest BCUT2D eigenvalue weighted by atomic mass is 16.5. The van der Waals surface area contributed by atoms with Crippen molar-refractivity contribution in [2.24, 2.45) is 5.92 Å². The lowest BCUT2D eigenvalue weighted by molar-refractivity contribution is 0.0597. The first kappa shape index (κ1) is 34.8. The molecule has 0 aliphatic carbocycles. The maximum absolute atomic E-state index is 13.6. The highest BCUT2D eigenvalue weighted by Crippen LogP contribution is 2.40. The Labute approximate surface area is 253 Å². The van der Waals surface area contributed by atoms with Crippen molar-refractivity contribution in [3.8, 4) is 29.1 Å². The number of rotatable bonds is 16. The van der Waals surface area contributed by atoms with Gasteiger partial charge in [-0.1, -0.05) is 26.3 Å². The quantitative estimate of drug-likeness (QED) is 0.229. The zero-order chi connectivity index (χ0) is 31.5. The summed E-state index contributed by atoms with van der Waals surface area (Å²) >= 11 is 0. The van der Waals surface area contributed by atoms with Gasteiger partial charge in [-0.3, -0.25) is 4.79 Å². The summed E-state index contributed by atoms with van der Waals surface area (Å²) in [6, 6.07) is 12.1. The first-order chi connectivity index (χ1) is 19.9. The summed E-state index contributed by atoms with van der Waals surface area (Å²) in [5.74, 6) is 2.56. The van der Waals surface area contributed by atoms with Crippen LogP contribution in [0, 0.1) is 17.2 Å². The maximum atomic E-state index is 13.6. The summed E-state index contributed by atoms with van der Waals surface area (Å²) < 4.78 is 22.0. The number of methoxy groups -OCH3 is 4. The number of hydrogen-bond donors (Lipinski definition) is 1. The second kappa shape index (κ2) is 15.7. The van der Waals surface area contributed by atoms with E-state index in [1.54, 1.807) is 34.5 Å². The molecule has 2 aromatic rings. The average molecular weight is 582 g/mol. The lowest BCUT2D eigenvalue weighted by Crippen LogP contribution is -2.45. The Morgan fingerprint density at radius 2 is 1.50 bits per heavy atom. The van der Waals surface area contributed by atoms with Gasteiger partial charge in [0, 0.05) is 17.6 Å². The molecule has 0 heterocycles. The number of benzene rings is 2. The van der Waals surface area contributed by atoms with Crippen molar-refractivity contribution in [3.05, 3.63) is 47.0 Å². The fourth-order valence-corrected chi connectivity index (χ4v) is 5.53. The number of nitriles is 1. The fourth-order valence-electron chi connectivity index (χ4n) is 5.53. The van der Waals surface area contributed by atoms with E-state index in [0.717, 1.165) is 36.9 Å². The van der Waals surface area contributed by atoms with Gasteiger partial charge in [-0.2, -0.15) is 5.26 Å². The number of carbonyl (C=O) groups is 1. The lowest BCUT2D eigenvalue weighted by Gasteiger charge is -2.35. The number of nitrogens with zero attached hydrogens (tertiary/aromatic N) is 2. The van der Waals surface area contributed by atoms with Crippen LogP contribution in [-0.4, -0.2) is 64.4 Å². The molecule has 1 atom stereocenters. The van der Waals surface area contributed by atoms with Gasteiger partial charge >= 0.3 is 0 Å². The molecular weight excluding hydrogens is 530 g/mol. The number of ether oxygens (including phenoxy) is 4. The van der Waals surface area contributed by atoms with E-state index in [1.165, 1.54) is 0 Å². The fraction of sp³-hybridized carbons (Fsp3) is 0.588. The zero-order valence-corrected chi connectivity index (χ0v) is 27.3. The first-order valence-corrected chi connectivity index (χ1v) is 14.8. The molecule has 0 spiro atoms. The Balaban J connectivity index is 2.08. The normalized spacial score (nSPS) is 12.8. The minimum Gasteiger partial charge on any atom is -0.493 e. The predicted octanol–water partition coefficient (Wildman–Crippen LogP) is 6.40. The van der Waals surface area contributed by atoms with Crippen LogP contribution < -0.4 is 24.3 Å². The third kappa shape index (κ3) is 8.10.